The summed E-state index contributed by atoms with van der Waals surface area (Å²) in [6, 6.07) is 44.8. The Morgan fingerprint density at radius 2 is 1.38 bits per heavy atom. The molecule has 7 rings (SSSR count). The van der Waals surface area contributed by atoms with Crippen LogP contribution in [0.25, 0.3) is 38.6 Å². The molecule has 0 unspecified atom stereocenters. The molecule has 1 aliphatic rings. The Morgan fingerprint density at radius 3 is 2.13 bits per heavy atom. The van der Waals surface area contributed by atoms with E-state index < -0.39 is 0 Å². The number of allylic oxidation sites excluding steroid dienone is 3. The standard InChI is InChI=1S/C41H35N4/c1-3-33-38-27-29-14-7-8-17-34(29)41(33)45(32-24-22-31(44-42)23-25-32)26-12-13-28(2)40-37(35-18-9-10-19-36(35)38)20-11-21-39(40)43-30-15-5-4-6-16-30/h4-27,43-44H,2-3,42H2,1H3/q+1. The summed E-state index contributed by atoms with van der Waals surface area (Å²) in [4.78, 5) is 0. The molecule has 0 radical (unpaired) electrons. The van der Waals surface area contributed by atoms with Gasteiger partial charge in [0.1, 0.15) is 0 Å². The molecular weight excluding hydrogens is 548 g/mol. The number of nitrogens with one attached hydrogen (secondary N) is 2. The van der Waals surface area contributed by atoms with Gasteiger partial charge in [-0.25, -0.2) is 0 Å². The first kappa shape index (κ1) is 28.1. The maximum Gasteiger partial charge on any atom is 0.222 e. The Kier molecular flexibility index (Phi) is 7.56. The molecule has 6 aromatic carbocycles. The minimum absolute atomic E-state index is 0.857. The van der Waals surface area contributed by atoms with E-state index in [2.05, 4.69) is 144 Å². The number of hydrogen-bond donors (Lipinski definition) is 3. The van der Waals surface area contributed by atoms with Crippen LogP contribution >= 0.6 is 0 Å². The molecule has 0 fully saturated rings. The molecular formula is C41H35N4+. The van der Waals surface area contributed by atoms with Crippen molar-refractivity contribution in [1.29, 1.82) is 0 Å². The number of para-hydroxylation sites is 1. The van der Waals surface area contributed by atoms with E-state index in [0.29, 0.717) is 0 Å². The molecule has 4 heteroatoms. The number of nitrogens with zero attached hydrogens (tertiary/aromatic N) is 1. The minimum atomic E-state index is 0.857. The molecule has 45 heavy (non-hydrogen) atoms. The maximum atomic E-state index is 5.73. The Labute approximate surface area is 264 Å². The number of benzene rings is 6. The third kappa shape index (κ3) is 5.22. The summed E-state index contributed by atoms with van der Waals surface area (Å²) in [6.45, 7) is 6.85. The fraction of sp³-hybridized carbons (Fsp3) is 0.0488. The maximum absolute atomic E-state index is 5.73. The van der Waals surface area contributed by atoms with Crippen molar-refractivity contribution in [3.05, 3.63) is 157 Å². The van der Waals surface area contributed by atoms with Gasteiger partial charge in [0.2, 0.25) is 11.4 Å². The molecule has 218 valence electrons. The largest absolute Gasteiger partial charge is 0.355 e. The molecule has 0 aliphatic carbocycles. The Balaban J connectivity index is 1.57. The van der Waals surface area contributed by atoms with E-state index in [9.17, 15) is 0 Å². The molecule has 1 aliphatic heterocycles. The molecule has 0 amide bonds. The third-order valence-electron chi connectivity index (χ3n) is 8.51. The van der Waals surface area contributed by atoms with Crippen LogP contribution in [0.15, 0.2) is 146 Å². The summed E-state index contributed by atoms with van der Waals surface area (Å²) in [5, 5.41) is 6.07. The van der Waals surface area contributed by atoms with Gasteiger partial charge >= 0.3 is 0 Å². The molecule has 0 spiro atoms. The molecule has 6 aromatic rings. The molecule has 1 heterocycles. The fourth-order valence-corrected chi connectivity index (χ4v) is 6.44. The van der Waals surface area contributed by atoms with Gasteiger partial charge in [-0.2, -0.15) is 4.58 Å². The average molecular weight is 584 g/mol. The third-order valence-corrected chi connectivity index (χ3v) is 8.51. The van der Waals surface area contributed by atoms with Gasteiger partial charge in [0.15, 0.2) is 6.21 Å². The topological polar surface area (TPSA) is 53.1 Å². The SMILES string of the molecule is C=C1C=CC=[N+](c2ccc(NN)cc2)c2c(CC)c(cc3ccccc23)-c2ccccc2-c2cccc(Nc3ccccc3)c21. The van der Waals surface area contributed by atoms with Crippen molar-refractivity contribution in [3.8, 4) is 22.3 Å². The highest BCUT2D eigenvalue weighted by molar-refractivity contribution is 6.05. The van der Waals surface area contributed by atoms with Crippen LogP contribution in [-0.2, 0) is 6.42 Å². The first-order valence-corrected chi connectivity index (χ1v) is 15.3. The summed E-state index contributed by atoms with van der Waals surface area (Å²) in [7, 11) is 0. The van der Waals surface area contributed by atoms with Gasteiger partial charge in [0.05, 0.1) is 5.39 Å². The molecule has 0 atom stereocenters. The lowest BCUT2D eigenvalue weighted by atomic mass is 9.85. The number of hydrazine groups is 1. The second kappa shape index (κ2) is 12.1. The van der Waals surface area contributed by atoms with Gasteiger partial charge in [0.25, 0.3) is 0 Å². The van der Waals surface area contributed by atoms with Gasteiger partial charge < -0.3 is 10.7 Å². The van der Waals surface area contributed by atoms with Crippen molar-refractivity contribution >= 4 is 51.0 Å². The van der Waals surface area contributed by atoms with Crippen molar-refractivity contribution in [2.45, 2.75) is 13.3 Å². The molecule has 4 N–H and O–H groups in total. The number of hydrogen-bond acceptors (Lipinski definition) is 3. The zero-order chi connectivity index (χ0) is 30.8. The summed E-state index contributed by atoms with van der Waals surface area (Å²) in [5.74, 6) is 5.73. The van der Waals surface area contributed by atoms with Crippen LogP contribution in [0.5, 0.6) is 0 Å². The first-order valence-electron chi connectivity index (χ1n) is 15.3. The van der Waals surface area contributed by atoms with Gasteiger partial charge in [-0.1, -0.05) is 86.3 Å². The lowest BCUT2D eigenvalue weighted by molar-refractivity contribution is 1.05. The predicted octanol–water partition coefficient (Wildman–Crippen LogP) is 10.3. The monoisotopic (exact) mass is 583 g/mol. The van der Waals surface area contributed by atoms with Crippen LogP contribution < -0.4 is 21.2 Å². The number of fused-ring (bicyclic) bond motifs is 8. The number of nitrogens with two attached hydrogens (primary N) is 1. The van der Waals surface area contributed by atoms with Crippen molar-refractivity contribution in [2.24, 2.45) is 5.84 Å². The van der Waals surface area contributed by atoms with Gasteiger partial charge in [-0.3, -0.25) is 5.84 Å². The minimum Gasteiger partial charge on any atom is -0.355 e. The Bertz CT molecular complexity index is 2100. The highest BCUT2D eigenvalue weighted by Crippen LogP contribution is 2.45. The summed E-state index contributed by atoms with van der Waals surface area (Å²) < 4.78 is 2.30. The van der Waals surface area contributed by atoms with Gasteiger partial charge in [-0.05, 0) is 88.2 Å². The Morgan fingerprint density at radius 1 is 0.689 bits per heavy atom. The molecule has 4 nitrogen and oxygen atoms in total. The molecule has 2 bridgehead atoms. The van der Waals surface area contributed by atoms with E-state index >= 15 is 0 Å². The van der Waals surface area contributed by atoms with E-state index in [1.807, 2.05) is 30.3 Å². The number of rotatable bonds is 5. The molecule has 0 saturated heterocycles. The molecule has 0 saturated carbocycles. The van der Waals surface area contributed by atoms with Crippen LogP contribution in [-0.4, -0.2) is 6.21 Å². The molecule has 0 aromatic heterocycles. The van der Waals surface area contributed by atoms with Crippen molar-refractivity contribution in [1.82, 2.24) is 4.58 Å². The normalized spacial score (nSPS) is 12.4. The van der Waals surface area contributed by atoms with Crippen LogP contribution in [0.2, 0.25) is 0 Å². The summed E-state index contributed by atoms with van der Waals surface area (Å²) in [6.07, 6.45) is 7.23. The zero-order valence-corrected chi connectivity index (χ0v) is 25.3. The zero-order valence-electron chi connectivity index (χ0n) is 25.3. The van der Waals surface area contributed by atoms with Gasteiger partial charge in [0, 0.05) is 46.4 Å². The van der Waals surface area contributed by atoms with Crippen LogP contribution in [0.3, 0.4) is 0 Å². The van der Waals surface area contributed by atoms with E-state index in [1.165, 1.54) is 38.7 Å². The fourth-order valence-electron chi connectivity index (χ4n) is 6.44. The second-order valence-electron chi connectivity index (χ2n) is 11.2. The smallest absolute Gasteiger partial charge is 0.222 e. The Hall–Kier alpha value is -5.71. The van der Waals surface area contributed by atoms with E-state index in [-0.39, 0.29) is 0 Å². The van der Waals surface area contributed by atoms with Crippen LogP contribution in [0.4, 0.5) is 28.4 Å². The predicted molar refractivity (Wildman–Crippen MR) is 194 cm³/mol. The van der Waals surface area contributed by atoms with E-state index in [1.54, 1.807) is 0 Å². The quantitative estimate of drug-likeness (QED) is 0.108. The van der Waals surface area contributed by atoms with Crippen molar-refractivity contribution in [3.63, 3.8) is 0 Å². The van der Waals surface area contributed by atoms with Crippen LogP contribution in [0, 0.1) is 0 Å². The second-order valence-corrected chi connectivity index (χ2v) is 11.2. The van der Waals surface area contributed by atoms with E-state index in [4.69, 9.17) is 5.84 Å². The van der Waals surface area contributed by atoms with Crippen molar-refractivity contribution in [2.75, 3.05) is 10.7 Å². The van der Waals surface area contributed by atoms with Crippen LogP contribution in [0.1, 0.15) is 18.1 Å². The van der Waals surface area contributed by atoms with Crippen molar-refractivity contribution < 1.29 is 0 Å². The lowest BCUT2D eigenvalue weighted by Crippen LogP contribution is -2.11. The summed E-state index contributed by atoms with van der Waals surface area (Å²) >= 11 is 0. The highest BCUT2D eigenvalue weighted by Gasteiger charge is 2.26. The first-order chi connectivity index (χ1) is 22.2. The average Bonchev–Trinajstić information content (AvgIpc) is 3.09. The summed E-state index contributed by atoms with van der Waals surface area (Å²) in [5.41, 5.74) is 15.9. The van der Waals surface area contributed by atoms with Gasteiger partial charge in [-0.15, -0.1) is 0 Å². The van der Waals surface area contributed by atoms with E-state index in [0.717, 1.165) is 45.9 Å². The highest BCUT2D eigenvalue weighted by atomic mass is 15.2. The lowest BCUT2D eigenvalue weighted by Gasteiger charge is -2.21. The number of anilines is 3. The number of nitrogen functional groups attached to an aromatic ring is 1.